The summed E-state index contributed by atoms with van der Waals surface area (Å²) in [6.45, 7) is 7.56. The van der Waals surface area contributed by atoms with E-state index in [1.807, 2.05) is 12.1 Å². The second-order valence-electron chi connectivity index (χ2n) is 8.67. The Morgan fingerprint density at radius 3 is 2.52 bits per heavy atom. The SMILES string of the molecule is COC1(C)CC(NC(=NCc2ccc(S(N)(=O)=O)cc2)NCCc2ccco2)C1(C)C. The number of hydrogen-bond acceptors (Lipinski definition) is 5. The molecule has 0 amide bonds. The van der Waals surface area contributed by atoms with E-state index in [-0.39, 0.29) is 22.0 Å². The summed E-state index contributed by atoms with van der Waals surface area (Å²) in [6.07, 6.45) is 3.27. The summed E-state index contributed by atoms with van der Waals surface area (Å²) in [6, 6.07) is 10.5. The lowest BCUT2D eigenvalue weighted by Crippen LogP contribution is -2.69. The third-order valence-electron chi connectivity index (χ3n) is 6.50. The molecular weight excluding hydrogens is 416 g/mol. The number of nitrogens with one attached hydrogen (secondary N) is 2. The van der Waals surface area contributed by atoms with Gasteiger partial charge in [-0.05, 0) is 43.2 Å². The molecule has 1 aromatic heterocycles. The van der Waals surface area contributed by atoms with E-state index in [0.717, 1.165) is 24.2 Å². The number of furan rings is 1. The standard InChI is InChI=1S/C22H32N4O4S/c1-21(2)19(14-22(21,3)29-4)26-20(24-12-11-17-6-5-13-30-17)25-15-16-7-9-18(10-8-16)31(23,27)28/h5-10,13,19H,11-12,14-15H2,1-4H3,(H2,23,27,28)(H2,24,25,26). The summed E-state index contributed by atoms with van der Waals surface area (Å²) >= 11 is 0. The third-order valence-corrected chi connectivity index (χ3v) is 7.43. The van der Waals surface area contributed by atoms with Crippen LogP contribution in [0.25, 0.3) is 0 Å². The van der Waals surface area contributed by atoms with Crippen LogP contribution in [0.4, 0.5) is 0 Å². The van der Waals surface area contributed by atoms with Crippen molar-refractivity contribution in [1.82, 2.24) is 10.6 Å². The predicted octanol–water partition coefficient (Wildman–Crippen LogP) is 2.41. The molecule has 9 heteroatoms. The lowest BCUT2D eigenvalue weighted by molar-refractivity contribution is -0.176. The molecule has 2 unspecified atom stereocenters. The third kappa shape index (κ3) is 5.28. The Bertz CT molecular complexity index is 1000. The molecule has 4 N–H and O–H groups in total. The molecule has 3 rings (SSSR count). The van der Waals surface area contributed by atoms with Crippen LogP contribution in [0.2, 0.25) is 0 Å². The Morgan fingerprint density at radius 1 is 1.26 bits per heavy atom. The number of rotatable bonds is 8. The van der Waals surface area contributed by atoms with Gasteiger partial charge in [0.15, 0.2) is 5.96 Å². The predicted molar refractivity (Wildman–Crippen MR) is 120 cm³/mol. The molecule has 170 valence electrons. The molecule has 1 aliphatic carbocycles. The molecule has 0 spiro atoms. The molecule has 1 heterocycles. The zero-order valence-corrected chi connectivity index (χ0v) is 19.3. The Labute approximate surface area is 184 Å². The Balaban J connectivity index is 1.68. The lowest BCUT2D eigenvalue weighted by Gasteiger charge is -2.59. The molecular formula is C22H32N4O4S. The number of aliphatic imine (C=N–C) groups is 1. The first-order valence-corrected chi connectivity index (χ1v) is 11.8. The largest absolute Gasteiger partial charge is 0.469 e. The topological polar surface area (TPSA) is 119 Å². The van der Waals surface area contributed by atoms with Crippen molar-refractivity contribution in [2.45, 2.75) is 56.7 Å². The quantitative estimate of drug-likeness (QED) is 0.421. The zero-order valence-electron chi connectivity index (χ0n) is 18.5. The average molecular weight is 449 g/mol. The van der Waals surface area contributed by atoms with Crippen molar-refractivity contribution in [3.63, 3.8) is 0 Å². The molecule has 31 heavy (non-hydrogen) atoms. The molecule has 1 aliphatic rings. The van der Waals surface area contributed by atoms with Gasteiger partial charge in [0, 0.05) is 31.5 Å². The summed E-state index contributed by atoms with van der Waals surface area (Å²) in [5.41, 5.74) is 0.629. The van der Waals surface area contributed by atoms with Crippen molar-refractivity contribution < 1.29 is 17.6 Å². The highest BCUT2D eigenvalue weighted by atomic mass is 32.2. The molecule has 1 saturated carbocycles. The van der Waals surface area contributed by atoms with Gasteiger partial charge in [-0.2, -0.15) is 0 Å². The van der Waals surface area contributed by atoms with E-state index in [9.17, 15) is 8.42 Å². The van der Waals surface area contributed by atoms with E-state index in [1.165, 1.54) is 12.1 Å². The van der Waals surface area contributed by atoms with Crippen molar-refractivity contribution in [2.75, 3.05) is 13.7 Å². The van der Waals surface area contributed by atoms with Gasteiger partial charge in [-0.15, -0.1) is 0 Å². The second-order valence-corrected chi connectivity index (χ2v) is 10.2. The van der Waals surface area contributed by atoms with Gasteiger partial charge in [0.2, 0.25) is 10.0 Å². The van der Waals surface area contributed by atoms with Gasteiger partial charge in [0.25, 0.3) is 0 Å². The monoisotopic (exact) mass is 448 g/mol. The van der Waals surface area contributed by atoms with Gasteiger partial charge in [0.1, 0.15) is 5.76 Å². The van der Waals surface area contributed by atoms with Crippen LogP contribution < -0.4 is 15.8 Å². The van der Waals surface area contributed by atoms with E-state index in [4.69, 9.17) is 19.3 Å². The van der Waals surface area contributed by atoms with Crippen LogP contribution in [0.1, 0.15) is 38.5 Å². The number of nitrogens with zero attached hydrogens (tertiary/aromatic N) is 1. The number of primary sulfonamides is 1. The molecule has 2 aromatic rings. The fourth-order valence-corrected chi connectivity index (χ4v) is 4.27. The molecule has 1 fully saturated rings. The van der Waals surface area contributed by atoms with Gasteiger partial charge in [-0.25, -0.2) is 18.5 Å². The van der Waals surface area contributed by atoms with E-state index < -0.39 is 10.0 Å². The summed E-state index contributed by atoms with van der Waals surface area (Å²) in [4.78, 5) is 4.80. The minimum absolute atomic E-state index is 0.0671. The highest BCUT2D eigenvalue weighted by Crippen LogP contribution is 2.51. The van der Waals surface area contributed by atoms with Crippen molar-refractivity contribution in [3.8, 4) is 0 Å². The Morgan fingerprint density at radius 2 is 1.97 bits per heavy atom. The summed E-state index contributed by atoms with van der Waals surface area (Å²) < 4.78 is 34.0. The maximum Gasteiger partial charge on any atom is 0.238 e. The Hall–Kier alpha value is -2.36. The minimum atomic E-state index is -3.70. The summed E-state index contributed by atoms with van der Waals surface area (Å²) in [5.74, 6) is 1.60. The maximum absolute atomic E-state index is 11.4. The molecule has 0 saturated heterocycles. The summed E-state index contributed by atoms with van der Waals surface area (Å²) in [7, 11) is -1.95. The molecule has 0 aliphatic heterocycles. The highest BCUT2D eigenvalue weighted by Gasteiger charge is 2.58. The molecule has 0 radical (unpaired) electrons. The van der Waals surface area contributed by atoms with Crippen LogP contribution in [-0.2, 0) is 27.7 Å². The van der Waals surface area contributed by atoms with Gasteiger partial charge >= 0.3 is 0 Å². The van der Waals surface area contributed by atoms with Crippen molar-refractivity contribution >= 4 is 16.0 Å². The van der Waals surface area contributed by atoms with E-state index in [0.29, 0.717) is 19.0 Å². The fourth-order valence-electron chi connectivity index (χ4n) is 3.75. The Kier molecular flexibility index (Phi) is 6.78. The van der Waals surface area contributed by atoms with E-state index in [1.54, 1.807) is 25.5 Å². The number of ether oxygens (including phenoxy) is 1. The van der Waals surface area contributed by atoms with Gasteiger partial charge in [0.05, 0.1) is 23.3 Å². The van der Waals surface area contributed by atoms with Crippen molar-refractivity contribution in [1.29, 1.82) is 0 Å². The van der Waals surface area contributed by atoms with Crippen LogP contribution in [0.5, 0.6) is 0 Å². The van der Waals surface area contributed by atoms with Crippen LogP contribution in [-0.4, -0.2) is 39.7 Å². The minimum Gasteiger partial charge on any atom is -0.469 e. The number of methoxy groups -OCH3 is 1. The van der Waals surface area contributed by atoms with Crippen LogP contribution in [0.3, 0.4) is 0 Å². The fraction of sp³-hybridized carbons (Fsp3) is 0.500. The van der Waals surface area contributed by atoms with Crippen molar-refractivity contribution in [2.24, 2.45) is 15.5 Å². The van der Waals surface area contributed by atoms with Crippen LogP contribution in [0.15, 0.2) is 57.0 Å². The first-order chi connectivity index (χ1) is 14.5. The zero-order chi connectivity index (χ0) is 22.7. The van der Waals surface area contributed by atoms with Gasteiger partial charge in [-0.1, -0.05) is 26.0 Å². The average Bonchev–Trinajstić information content (AvgIpc) is 3.24. The first kappa shape index (κ1) is 23.3. The highest BCUT2D eigenvalue weighted by molar-refractivity contribution is 7.89. The molecule has 1 aromatic carbocycles. The summed E-state index contributed by atoms with van der Waals surface area (Å²) in [5, 5.41) is 12.1. The number of benzene rings is 1. The molecule has 8 nitrogen and oxygen atoms in total. The normalized spacial score (nSPS) is 23.3. The van der Waals surface area contributed by atoms with Crippen LogP contribution >= 0.6 is 0 Å². The van der Waals surface area contributed by atoms with Crippen LogP contribution in [0, 0.1) is 5.41 Å². The molecule has 0 bridgehead atoms. The first-order valence-electron chi connectivity index (χ1n) is 10.3. The van der Waals surface area contributed by atoms with E-state index >= 15 is 0 Å². The number of sulfonamides is 1. The second kappa shape index (κ2) is 9.02. The van der Waals surface area contributed by atoms with E-state index in [2.05, 4.69) is 31.4 Å². The molecule has 2 atom stereocenters. The smallest absolute Gasteiger partial charge is 0.238 e. The lowest BCUT2D eigenvalue weighted by atomic mass is 9.56. The van der Waals surface area contributed by atoms with Gasteiger partial charge < -0.3 is 19.8 Å². The van der Waals surface area contributed by atoms with Crippen molar-refractivity contribution in [3.05, 3.63) is 54.0 Å². The number of guanidine groups is 1. The number of nitrogens with two attached hydrogens (primary N) is 1. The number of hydrogen-bond donors (Lipinski definition) is 3. The van der Waals surface area contributed by atoms with Gasteiger partial charge in [-0.3, -0.25) is 0 Å². The maximum atomic E-state index is 11.4.